The van der Waals surface area contributed by atoms with E-state index in [0.717, 1.165) is 23.3 Å². The Labute approximate surface area is 238 Å². The third-order valence-electron chi connectivity index (χ3n) is 6.34. The second-order valence-corrected chi connectivity index (χ2v) is 10.2. The lowest BCUT2D eigenvalue weighted by Crippen LogP contribution is -2.43. The fourth-order valence-electron chi connectivity index (χ4n) is 4.04. The molecule has 212 valence electrons. The zero-order valence-electron chi connectivity index (χ0n) is 23.1. The first-order valence-corrected chi connectivity index (χ1v) is 13.9. The van der Waals surface area contributed by atoms with Crippen molar-refractivity contribution in [1.82, 2.24) is 9.80 Å². The van der Waals surface area contributed by atoms with Crippen LogP contribution < -0.4 is 9.47 Å². The number of amides is 2. The monoisotopic (exact) mass is 565 g/mol. The number of methoxy groups -OCH3 is 2. The topological polar surface area (TPSA) is 102 Å². The summed E-state index contributed by atoms with van der Waals surface area (Å²) in [6.07, 6.45) is 5.27. The fraction of sp³-hybridized carbons (Fsp3) is 0.333. The number of carbonyl (C=O) groups is 2. The van der Waals surface area contributed by atoms with Crippen molar-refractivity contribution in [3.8, 4) is 11.5 Å². The molecule has 0 atom stereocenters. The number of nitro benzene ring substituents is 1. The number of ether oxygens (including phenoxy) is 2. The third kappa shape index (κ3) is 8.94. The van der Waals surface area contributed by atoms with Gasteiger partial charge >= 0.3 is 0 Å². The van der Waals surface area contributed by atoms with E-state index in [1.165, 1.54) is 18.2 Å². The lowest BCUT2D eigenvalue weighted by Gasteiger charge is -2.27. The summed E-state index contributed by atoms with van der Waals surface area (Å²) in [7, 11) is 3.18. The molecule has 1 aromatic heterocycles. The van der Waals surface area contributed by atoms with Crippen LogP contribution in [0.3, 0.4) is 0 Å². The third-order valence-corrected chi connectivity index (χ3v) is 7.20. The molecular formula is C30H35N3O6S. The Bertz CT molecular complexity index is 1290. The summed E-state index contributed by atoms with van der Waals surface area (Å²) in [6.45, 7) is 3.37. The molecule has 0 aliphatic heterocycles. The lowest BCUT2D eigenvalue weighted by atomic mass is 10.1. The van der Waals surface area contributed by atoms with E-state index in [4.69, 9.17) is 9.47 Å². The molecule has 3 aromatic rings. The van der Waals surface area contributed by atoms with Gasteiger partial charge in [-0.05, 0) is 65.8 Å². The molecular weight excluding hydrogens is 530 g/mol. The van der Waals surface area contributed by atoms with Crippen molar-refractivity contribution < 1.29 is 24.0 Å². The van der Waals surface area contributed by atoms with E-state index in [0.29, 0.717) is 43.1 Å². The number of hydrogen-bond donors (Lipinski definition) is 0. The van der Waals surface area contributed by atoms with Crippen molar-refractivity contribution in [3.63, 3.8) is 0 Å². The number of benzene rings is 2. The van der Waals surface area contributed by atoms with Crippen LogP contribution in [0.4, 0.5) is 5.69 Å². The van der Waals surface area contributed by atoms with Gasteiger partial charge in [0, 0.05) is 36.2 Å². The molecule has 0 spiro atoms. The summed E-state index contributed by atoms with van der Waals surface area (Å²) in [4.78, 5) is 41.5. The maximum Gasteiger partial charge on any atom is 0.269 e. The van der Waals surface area contributed by atoms with Crippen LogP contribution in [0.1, 0.15) is 35.8 Å². The first-order chi connectivity index (χ1) is 19.3. The zero-order chi connectivity index (χ0) is 28.9. The van der Waals surface area contributed by atoms with Crippen LogP contribution in [0.2, 0.25) is 0 Å². The predicted octanol–water partition coefficient (Wildman–Crippen LogP) is 5.59. The average molecular weight is 566 g/mol. The quantitative estimate of drug-likeness (QED) is 0.135. The maximum absolute atomic E-state index is 13.6. The van der Waals surface area contributed by atoms with Crippen molar-refractivity contribution in [2.24, 2.45) is 0 Å². The highest BCUT2D eigenvalue weighted by atomic mass is 32.1. The minimum Gasteiger partial charge on any atom is -0.493 e. The highest BCUT2D eigenvalue weighted by molar-refractivity contribution is 7.09. The molecule has 2 amide bonds. The van der Waals surface area contributed by atoms with Gasteiger partial charge in [0.25, 0.3) is 5.69 Å². The first kappa shape index (κ1) is 30.4. The van der Waals surface area contributed by atoms with Crippen LogP contribution in [0, 0.1) is 10.1 Å². The summed E-state index contributed by atoms with van der Waals surface area (Å²) in [5, 5.41) is 12.9. The molecule has 10 heteroatoms. The Balaban J connectivity index is 1.73. The lowest BCUT2D eigenvalue weighted by molar-refractivity contribution is -0.384. The van der Waals surface area contributed by atoms with Crippen LogP contribution >= 0.6 is 11.3 Å². The molecule has 0 bridgehead atoms. The Morgan fingerprint density at radius 2 is 1.75 bits per heavy atom. The maximum atomic E-state index is 13.6. The Morgan fingerprint density at radius 3 is 2.38 bits per heavy atom. The van der Waals surface area contributed by atoms with Gasteiger partial charge in [-0.25, -0.2) is 0 Å². The number of nitro groups is 1. The van der Waals surface area contributed by atoms with Crippen molar-refractivity contribution >= 4 is 34.9 Å². The second-order valence-electron chi connectivity index (χ2n) is 9.13. The molecule has 0 aliphatic carbocycles. The smallest absolute Gasteiger partial charge is 0.269 e. The van der Waals surface area contributed by atoms with E-state index in [9.17, 15) is 19.7 Å². The van der Waals surface area contributed by atoms with Gasteiger partial charge in [-0.1, -0.05) is 25.5 Å². The highest BCUT2D eigenvalue weighted by Crippen LogP contribution is 2.28. The zero-order valence-corrected chi connectivity index (χ0v) is 23.9. The molecule has 9 nitrogen and oxygen atoms in total. The van der Waals surface area contributed by atoms with Crippen molar-refractivity contribution in [2.75, 3.05) is 33.9 Å². The van der Waals surface area contributed by atoms with Crippen molar-refractivity contribution in [2.45, 2.75) is 32.7 Å². The normalized spacial score (nSPS) is 10.9. The number of hydrogen-bond acceptors (Lipinski definition) is 7. The molecule has 0 radical (unpaired) electrons. The average Bonchev–Trinajstić information content (AvgIpc) is 3.49. The van der Waals surface area contributed by atoms with Crippen molar-refractivity contribution in [3.05, 3.63) is 92.2 Å². The standard InChI is InChI=1S/C30H35N3O6S/c1-4-5-17-31(29(34)15-11-23-8-12-25(13-9-23)33(36)37)22-30(35)32(21-26-7-6-19-40-26)18-16-24-10-14-27(38-2)28(20-24)39-3/h6-15,19-20H,4-5,16-18,21-22H2,1-3H3/b15-11+. The Hall–Kier alpha value is -4.18. The van der Waals surface area contributed by atoms with E-state index in [1.54, 1.807) is 53.6 Å². The van der Waals surface area contributed by atoms with Gasteiger partial charge in [-0.3, -0.25) is 19.7 Å². The number of carbonyl (C=O) groups excluding carboxylic acids is 2. The summed E-state index contributed by atoms with van der Waals surface area (Å²) < 4.78 is 10.7. The van der Waals surface area contributed by atoms with E-state index in [-0.39, 0.29) is 24.0 Å². The van der Waals surface area contributed by atoms with E-state index in [1.807, 2.05) is 42.6 Å². The molecule has 0 fully saturated rings. The number of rotatable bonds is 15. The molecule has 1 heterocycles. The summed E-state index contributed by atoms with van der Waals surface area (Å²) in [6, 6.07) is 15.6. The molecule has 0 saturated heterocycles. The molecule has 2 aromatic carbocycles. The van der Waals surface area contributed by atoms with E-state index < -0.39 is 4.92 Å². The van der Waals surface area contributed by atoms with Gasteiger partial charge in [0.05, 0.1) is 25.7 Å². The van der Waals surface area contributed by atoms with Gasteiger partial charge < -0.3 is 19.3 Å². The van der Waals surface area contributed by atoms with Crippen LogP contribution in [0.25, 0.3) is 6.08 Å². The van der Waals surface area contributed by atoms with Gasteiger partial charge in [0.15, 0.2) is 11.5 Å². The summed E-state index contributed by atoms with van der Waals surface area (Å²) in [5.74, 6) is 0.857. The van der Waals surface area contributed by atoms with Crippen molar-refractivity contribution in [1.29, 1.82) is 0 Å². The van der Waals surface area contributed by atoms with Gasteiger partial charge in [-0.2, -0.15) is 0 Å². The minimum atomic E-state index is -0.468. The summed E-state index contributed by atoms with van der Waals surface area (Å²) >= 11 is 1.58. The minimum absolute atomic E-state index is 0.0161. The second kappa shape index (κ2) is 15.4. The predicted molar refractivity (Wildman–Crippen MR) is 157 cm³/mol. The SMILES string of the molecule is CCCCN(CC(=O)N(CCc1ccc(OC)c(OC)c1)Cc1cccs1)C(=O)/C=C/c1ccc([N+](=O)[O-])cc1. The van der Waals surface area contributed by atoms with Crippen LogP contribution in [0.15, 0.2) is 66.1 Å². The Morgan fingerprint density at radius 1 is 1.00 bits per heavy atom. The first-order valence-electron chi connectivity index (χ1n) is 13.1. The van der Waals surface area contributed by atoms with E-state index >= 15 is 0 Å². The molecule has 0 aliphatic rings. The molecule has 0 unspecified atom stereocenters. The number of nitrogens with zero attached hydrogens (tertiary/aromatic N) is 3. The summed E-state index contributed by atoms with van der Waals surface area (Å²) in [5.41, 5.74) is 1.65. The molecule has 40 heavy (non-hydrogen) atoms. The molecule has 0 saturated carbocycles. The largest absolute Gasteiger partial charge is 0.493 e. The molecule has 3 rings (SSSR count). The van der Waals surface area contributed by atoms with Gasteiger partial charge in [0.1, 0.15) is 6.54 Å². The fourth-order valence-corrected chi connectivity index (χ4v) is 4.76. The van der Waals surface area contributed by atoms with Crippen LogP contribution in [-0.4, -0.2) is 60.4 Å². The number of unbranched alkanes of at least 4 members (excludes halogenated alkanes) is 1. The Kier molecular flexibility index (Phi) is 11.7. The highest BCUT2D eigenvalue weighted by Gasteiger charge is 2.21. The number of thiophene rings is 1. The van der Waals surface area contributed by atoms with Gasteiger partial charge in [-0.15, -0.1) is 11.3 Å². The van der Waals surface area contributed by atoms with E-state index in [2.05, 4.69) is 0 Å². The number of non-ortho nitro benzene ring substituents is 1. The van der Waals surface area contributed by atoms with Crippen LogP contribution in [0.5, 0.6) is 11.5 Å². The van der Waals surface area contributed by atoms with Crippen LogP contribution in [-0.2, 0) is 22.6 Å². The van der Waals surface area contributed by atoms with Gasteiger partial charge in [0.2, 0.25) is 11.8 Å². The molecule has 0 N–H and O–H groups in total.